The van der Waals surface area contributed by atoms with Crippen LogP contribution in [-0.4, -0.2) is 16.1 Å². The normalized spacial score (nSPS) is 10.3. The summed E-state index contributed by atoms with van der Waals surface area (Å²) < 4.78 is 54.4. The molecule has 118 valence electrons. The Hall–Kier alpha value is -3.13. The van der Waals surface area contributed by atoms with Gasteiger partial charge in [0, 0.05) is 17.2 Å². The zero-order valence-corrected chi connectivity index (χ0v) is 11.1. The van der Waals surface area contributed by atoms with Crippen LogP contribution in [0.2, 0.25) is 0 Å². The van der Waals surface area contributed by atoms with Gasteiger partial charge in [-0.3, -0.25) is 4.98 Å². The van der Waals surface area contributed by atoms with Gasteiger partial charge in [0.25, 0.3) is 0 Å². The topological polar surface area (TPSA) is 99.0 Å². The van der Waals surface area contributed by atoms with Crippen molar-refractivity contribution in [3.63, 3.8) is 0 Å². The van der Waals surface area contributed by atoms with Gasteiger partial charge >= 0.3 is 5.97 Å². The van der Waals surface area contributed by atoms with E-state index in [4.69, 9.17) is 5.53 Å². The Labute approximate surface area is 125 Å². The number of hydrogen-bond donors (Lipinski definition) is 1. The minimum absolute atomic E-state index is 0.00156. The van der Waals surface area contributed by atoms with Crippen molar-refractivity contribution in [3.8, 4) is 11.3 Å². The highest BCUT2D eigenvalue weighted by molar-refractivity contribution is 5.96. The van der Waals surface area contributed by atoms with Crippen molar-refractivity contribution < 1.29 is 27.5 Å². The third-order valence-electron chi connectivity index (χ3n) is 2.90. The molecule has 0 aliphatic rings. The molecule has 10 heteroatoms. The van der Waals surface area contributed by atoms with Crippen LogP contribution < -0.4 is 0 Å². The van der Waals surface area contributed by atoms with Crippen LogP contribution >= 0.6 is 0 Å². The summed E-state index contributed by atoms with van der Waals surface area (Å²) >= 11 is 0. The van der Waals surface area contributed by atoms with Crippen molar-refractivity contribution in [3.05, 3.63) is 63.2 Å². The Morgan fingerprint density at radius 3 is 2.39 bits per heavy atom. The molecule has 1 N–H and O–H groups in total. The molecule has 0 atom stereocenters. The van der Waals surface area contributed by atoms with E-state index < -0.39 is 52.6 Å². The first-order valence-corrected chi connectivity index (χ1v) is 5.93. The molecule has 6 nitrogen and oxygen atoms in total. The number of carboxylic acids is 1. The van der Waals surface area contributed by atoms with E-state index in [-0.39, 0.29) is 11.6 Å². The molecule has 0 aliphatic heterocycles. The summed E-state index contributed by atoms with van der Waals surface area (Å²) in [6.45, 7) is -0.450. The second-order valence-corrected chi connectivity index (χ2v) is 4.23. The SMILES string of the molecule is [N-]=[N+]=NCc1ccnc(-c2c(F)c(F)cc(F)c2F)c1C(=O)O. The van der Waals surface area contributed by atoms with Gasteiger partial charge < -0.3 is 5.11 Å². The zero-order valence-electron chi connectivity index (χ0n) is 11.1. The predicted molar refractivity (Wildman–Crippen MR) is 69.3 cm³/mol. The van der Waals surface area contributed by atoms with Gasteiger partial charge in [0.2, 0.25) is 0 Å². The lowest BCUT2D eigenvalue weighted by Crippen LogP contribution is -2.09. The highest BCUT2D eigenvalue weighted by atomic mass is 19.2. The number of halogens is 4. The maximum absolute atomic E-state index is 13.9. The van der Waals surface area contributed by atoms with Crippen molar-refractivity contribution in [1.82, 2.24) is 4.98 Å². The number of hydrogen-bond acceptors (Lipinski definition) is 3. The van der Waals surface area contributed by atoms with Gasteiger partial charge in [-0.05, 0) is 17.2 Å². The molecule has 0 unspecified atom stereocenters. The largest absolute Gasteiger partial charge is 0.478 e. The standard InChI is InChI=1S/C13H6F4N4O2/c14-6-3-7(15)11(17)9(10(6)16)12-8(13(22)23)5(1-2-19-12)4-20-21-18/h1-3H,4H2,(H,22,23). The molecule has 23 heavy (non-hydrogen) atoms. The lowest BCUT2D eigenvalue weighted by atomic mass is 9.99. The lowest BCUT2D eigenvalue weighted by molar-refractivity contribution is 0.0696. The lowest BCUT2D eigenvalue weighted by Gasteiger charge is -2.11. The molecule has 0 saturated carbocycles. The van der Waals surface area contributed by atoms with Crippen LogP contribution in [0.15, 0.2) is 23.4 Å². The second kappa shape index (κ2) is 6.32. The first-order valence-electron chi connectivity index (χ1n) is 5.93. The van der Waals surface area contributed by atoms with Crippen LogP contribution in [0.4, 0.5) is 17.6 Å². The van der Waals surface area contributed by atoms with Crippen molar-refractivity contribution in [2.24, 2.45) is 5.11 Å². The summed E-state index contributed by atoms with van der Waals surface area (Å²) in [5.74, 6) is -8.60. The molecular weight excluding hydrogens is 320 g/mol. The monoisotopic (exact) mass is 326 g/mol. The quantitative estimate of drug-likeness (QED) is 0.304. The molecule has 1 heterocycles. The van der Waals surface area contributed by atoms with Gasteiger partial charge in [-0.15, -0.1) is 0 Å². The Bertz CT molecular complexity index is 824. The van der Waals surface area contributed by atoms with E-state index in [1.165, 1.54) is 0 Å². The third-order valence-corrected chi connectivity index (χ3v) is 2.90. The number of azide groups is 1. The van der Waals surface area contributed by atoms with Crippen LogP contribution in [0, 0.1) is 23.3 Å². The second-order valence-electron chi connectivity index (χ2n) is 4.23. The average molecular weight is 326 g/mol. The van der Waals surface area contributed by atoms with Crippen LogP contribution in [-0.2, 0) is 6.54 Å². The van der Waals surface area contributed by atoms with Crippen molar-refractivity contribution >= 4 is 5.97 Å². The van der Waals surface area contributed by atoms with E-state index in [9.17, 15) is 27.5 Å². The molecule has 2 rings (SSSR count). The maximum Gasteiger partial charge on any atom is 0.338 e. The number of rotatable bonds is 4. The highest BCUT2D eigenvalue weighted by Crippen LogP contribution is 2.32. The van der Waals surface area contributed by atoms with Gasteiger partial charge in [0.15, 0.2) is 23.3 Å². The van der Waals surface area contributed by atoms with Crippen LogP contribution in [0.3, 0.4) is 0 Å². The Kier molecular flexibility index (Phi) is 4.47. The minimum atomic E-state index is -1.78. The summed E-state index contributed by atoms with van der Waals surface area (Å²) in [6.07, 6.45) is 0.978. The number of nitrogens with zero attached hydrogens (tertiary/aromatic N) is 4. The first-order chi connectivity index (χ1) is 10.9. The molecule has 0 amide bonds. The van der Waals surface area contributed by atoms with E-state index in [1.54, 1.807) is 0 Å². The molecule has 1 aromatic heterocycles. The molecular formula is C13H6F4N4O2. The van der Waals surface area contributed by atoms with Crippen molar-refractivity contribution in [2.45, 2.75) is 6.54 Å². The van der Waals surface area contributed by atoms with Gasteiger partial charge in [-0.25, -0.2) is 22.4 Å². The third kappa shape index (κ3) is 2.92. The summed E-state index contributed by atoms with van der Waals surface area (Å²) in [5, 5.41) is 12.4. The van der Waals surface area contributed by atoms with Gasteiger partial charge in [-0.2, -0.15) is 0 Å². The first kappa shape index (κ1) is 16.2. The fourth-order valence-electron chi connectivity index (χ4n) is 1.95. The van der Waals surface area contributed by atoms with Crippen molar-refractivity contribution in [1.29, 1.82) is 0 Å². The zero-order chi connectivity index (χ0) is 17.1. The average Bonchev–Trinajstić information content (AvgIpc) is 2.51. The predicted octanol–water partition coefficient (Wildman–Crippen LogP) is 3.81. The van der Waals surface area contributed by atoms with E-state index in [0.29, 0.717) is 0 Å². The molecule has 0 bridgehead atoms. The fraction of sp³-hybridized carbons (Fsp3) is 0.0769. The number of pyridine rings is 1. The summed E-state index contributed by atoms with van der Waals surface area (Å²) in [5.41, 5.74) is 5.38. The molecule has 2 aromatic rings. The van der Waals surface area contributed by atoms with Crippen molar-refractivity contribution in [2.75, 3.05) is 0 Å². The fourth-order valence-corrected chi connectivity index (χ4v) is 1.95. The molecule has 0 radical (unpaired) electrons. The molecule has 1 aromatic carbocycles. The Balaban J connectivity index is 2.84. The highest BCUT2D eigenvalue weighted by Gasteiger charge is 2.27. The number of carboxylic acid groups (broad SMARTS) is 1. The molecule has 0 saturated heterocycles. The van der Waals surface area contributed by atoms with E-state index in [0.717, 1.165) is 12.3 Å². The van der Waals surface area contributed by atoms with Gasteiger partial charge in [0.05, 0.1) is 23.4 Å². The van der Waals surface area contributed by atoms with E-state index >= 15 is 0 Å². The smallest absolute Gasteiger partial charge is 0.338 e. The van der Waals surface area contributed by atoms with E-state index in [2.05, 4.69) is 15.0 Å². The van der Waals surface area contributed by atoms with E-state index in [1.807, 2.05) is 0 Å². The number of aromatic nitrogens is 1. The minimum Gasteiger partial charge on any atom is -0.478 e. The van der Waals surface area contributed by atoms with Crippen LogP contribution in [0.1, 0.15) is 15.9 Å². The number of benzene rings is 1. The summed E-state index contributed by atoms with van der Waals surface area (Å²) in [4.78, 5) is 17.3. The molecule has 0 spiro atoms. The summed E-state index contributed by atoms with van der Waals surface area (Å²) in [7, 11) is 0. The van der Waals surface area contributed by atoms with Gasteiger partial charge in [-0.1, -0.05) is 5.11 Å². The van der Waals surface area contributed by atoms with Crippen LogP contribution in [0.5, 0.6) is 0 Å². The Morgan fingerprint density at radius 1 is 1.26 bits per heavy atom. The maximum atomic E-state index is 13.9. The number of aromatic carboxylic acids is 1. The molecule has 0 fully saturated rings. The summed E-state index contributed by atoms with van der Waals surface area (Å²) in [6, 6.07) is 1.14. The molecule has 0 aliphatic carbocycles. The Morgan fingerprint density at radius 2 is 1.87 bits per heavy atom. The van der Waals surface area contributed by atoms with Gasteiger partial charge in [0.1, 0.15) is 0 Å². The van der Waals surface area contributed by atoms with Crippen LogP contribution in [0.25, 0.3) is 21.7 Å². The number of carbonyl (C=O) groups is 1.